The van der Waals surface area contributed by atoms with E-state index in [1.807, 2.05) is 0 Å². The molecule has 0 atom stereocenters. The molecule has 0 aliphatic carbocycles. The average Bonchev–Trinajstić information content (AvgIpc) is 2.25. The summed E-state index contributed by atoms with van der Waals surface area (Å²) >= 11 is 0. The van der Waals surface area contributed by atoms with Crippen LogP contribution in [0.4, 0.5) is 0 Å². The summed E-state index contributed by atoms with van der Waals surface area (Å²) in [4.78, 5) is 18.7. The van der Waals surface area contributed by atoms with Crippen LogP contribution in [0.2, 0.25) is 0 Å². The fourth-order valence-corrected chi connectivity index (χ4v) is 0.939. The smallest absolute Gasteiger partial charge is 0.332 e. The van der Waals surface area contributed by atoms with Crippen LogP contribution in [0, 0.1) is 0 Å². The van der Waals surface area contributed by atoms with Gasteiger partial charge in [-0.25, -0.2) is 14.8 Å². The van der Waals surface area contributed by atoms with Gasteiger partial charge in [-0.3, -0.25) is 0 Å². The molecule has 0 saturated carbocycles. The van der Waals surface area contributed by atoms with Crippen LogP contribution in [0.15, 0.2) is 36.6 Å². The maximum absolute atomic E-state index is 11.0. The van der Waals surface area contributed by atoms with Gasteiger partial charge in [-0.05, 0) is 13.0 Å². The Hall–Kier alpha value is -2.17. The van der Waals surface area contributed by atoms with Crippen LogP contribution in [0.25, 0.3) is 6.08 Å². The molecule has 0 radical (unpaired) electrons. The highest BCUT2D eigenvalue weighted by Crippen LogP contribution is 1.96. The summed E-state index contributed by atoms with van der Waals surface area (Å²) in [6.45, 7) is 1.82. The van der Waals surface area contributed by atoms with Gasteiger partial charge in [0.1, 0.15) is 12.9 Å². The molecular formula is C11H13N3O2. The van der Waals surface area contributed by atoms with E-state index in [4.69, 9.17) is 10.5 Å². The number of aromatic nitrogens is 2. The van der Waals surface area contributed by atoms with Gasteiger partial charge in [-0.2, -0.15) is 0 Å². The summed E-state index contributed by atoms with van der Waals surface area (Å²) in [5.41, 5.74) is 6.59. The molecule has 16 heavy (non-hydrogen) atoms. The standard InChI is InChI=1S/C11H13N3O2/c1-9(12)5-11(15)16-4-2-3-10-6-13-8-14-7-10/h2-3,5-8H,4,12H2,1H3/b3-2?,9-5-. The zero-order valence-corrected chi connectivity index (χ0v) is 8.96. The Bertz CT molecular complexity index is 395. The van der Waals surface area contributed by atoms with Gasteiger partial charge in [-0.1, -0.05) is 6.08 Å². The molecule has 0 aliphatic heterocycles. The molecule has 1 aromatic heterocycles. The van der Waals surface area contributed by atoms with Gasteiger partial charge in [0.25, 0.3) is 0 Å². The lowest BCUT2D eigenvalue weighted by molar-refractivity contribution is -0.136. The lowest BCUT2D eigenvalue weighted by Crippen LogP contribution is -2.03. The van der Waals surface area contributed by atoms with Crippen LogP contribution >= 0.6 is 0 Å². The second kappa shape index (κ2) is 6.34. The van der Waals surface area contributed by atoms with Gasteiger partial charge >= 0.3 is 5.97 Å². The minimum Gasteiger partial charge on any atom is -0.458 e. The first-order valence-electron chi connectivity index (χ1n) is 4.70. The number of nitrogens with two attached hydrogens (primary N) is 1. The van der Waals surface area contributed by atoms with Crippen molar-refractivity contribution in [2.24, 2.45) is 5.73 Å². The van der Waals surface area contributed by atoms with Crippen LogP contribution in [0.3, 0.4) is 0 Å². The lowest BCUT2D eigenvalue weighted by Gasteiger charge is -1.97. The van der Waals surface area contributed by atoms with E-state index in [1.165, 1.54) is 12.4 Å². The summed E-state index contributed by atoms with van der Waals surface area (Å²) in [6, 6.07) is 0. The highest BCUT2D eigenvalue weighted by molar-refractivity contribution is 5.82. The van der Waals surface area contributed by atoms with Gasteiger partial charge in [0.2, 0.25) is 0 Å². The lowest BCUT2D eigenvalue weighted by atomic mass is 10.3. The van der Waals surface area contributed by atoms with Crippen molar-refractivity contribution in [2.45, 2.75) is 6.92 Å². The van der Waals surface area contributed by atoms with Crippen LogP contribution in [-0.4, -0.2) is 22.5 Å². The van der Waals surface area contributed by atoms with E-state index in [9.17, 15) is 4.79 Å². The first-order valence-corrected chi connectivity index (χ1v) is 4.70. The number of rotatable bonds is 4. The SMILES string of the molecule is C/C(N)=C/C(=O)OCC=Cc1cncnc1. The third kappa shape index (κ3) is 4.90. The number of carbonyl (C=O) groups excluding carboxylic acids is 1. The summed E-state index contributed by atoms with van der Waals surface area (Å²) in [5, 5.41) is 0. The number of nitrogens with zero attached hydrogens (tertiary/aromatic N) is 2. The molecule has 0 unspecified atom stereocenters. The Morgan fingerprint density at radius 2 is 2.19 bits per heavy atom. The van der Waals surface area contributed by atoms with Crippen molar-refractivity contribution in [3.63, 3.8) is 0 Å². The number of ether oxygens (including phenoxy) is 1. The second-order valence-corrected chi connectivity index (χ2v) is 3.09. The monoisotopic (exact) mass is 219 g/mol. The molecule has 0 saturated heterocycles. The molecule has 0 fully saturated rings. The van der Waals surface area contributed by atoms with Crippen LogP contribution in [0.5, 0.6) is 0 Å². The zero-order chi connectivity index (χ0) is 11.8. The summed E-state index contributed by atoms with van der Waals surface area (Å²) in [6.07, 6.45) is 9.48. The van der Waals surface area contributed by atoms with Crippen molar-refractivity contribution in [3.8, 4) is 0 Å². The Balaban J connectivity index is 2.34. The zero-order valence-electron chi connectivity index (χ0n) is 8.96. The molecule has 0 spiro atoms. The first-order chi connectivity index (χ1) is 7.68. The quantitative estimate of drug-likeness (QED) is 0.601. The van der Waals surface area contributed by atoms with Crippen molar-refractivity contribution < 1.29 is 9.53 Å². The Morgan fingerprint density at radius 3 is 2.81 bits per heavy atom. The Labute approximate surface area is 93.7 Å². The summed E-state index contributed by atoms with van der Waals surface area (Å²) in [5.74, 6) is -0.450. The molecule has 1 heterocycles. The van der Waals surface area contributed by atoms with Crippen LogP contribution in [0.1, 0.15) is 12.5 Å². The summed E-state index contributed by atoms with van der Waals surface area (Å²) < 4.78 is 4.85. The van der Waals surface area contributed by atoms with Crippen LogP contribution < -0.4 is 5.73 Å². The molecule has 84 valence electrons. The fourth-order valence-electron chi connectivity index (χ4n) is 0.939. The van der Waals surface area contributed by atoms with E-state index in [-0.39, 0.29) is 6.61 Å². The second-order valence-electron chi connectivity index (χ2n) is 3.09. The molecule has 0 aliphatic rings. The number of esters is 1. The summed E-state index contributed by atoms with van der Waals surface area (Å²) in [7, 11) is 0. The minimum absolute atomic E-state index is 0.192. The predicted molar refractivity (Wildman–Crippen MR) is 60.0 cm³/mol. The van der Waals surface area contributed by atoms with Gasteiger partial charge in [0.15, 0.2) is 0 Å². The van der Waals surface area contributed by atoms with Gasteiger partial charge < -0.3 is 10.5 Å². The topological polar surface area (TPSA) is 78.1 Å². The maximum atomic E-state index is 11.0. The molecule has 1 rings (SSSR count). The van der Waals surface area contributed by atoms with Crippen molar-refractivity contribution in [1.82, 2.24) is 9.97 Å². The molecule has 5 heteroatoms. The van der Waals surface area contributed by atoms with E-state index >= 15 is 0 Å². The van der Waals surface area contributed by atoms with E-state index in [0.717, 1.165) is 5.56 Å². The van der Waals surface area contributed by atoms with Gasteiger partial charge in [-0.15, -0.1) is 0 Å². The molecule has 0 amide bonds. The highest BCUT2D eigenvalue weighted by Gasteiger charge is 1.94. The number of hydrogen-bond acceptors (Lipinski definition) is 5. The highest BCUT2D eigenvalue weighted by atomic mass is 16.5. The van der Waals surface area contributed by atoms with Gasteiger partial charge in [0.05, 0.1) is 0 Å². The molecule has 0 bridgehead atoms. The Morgan fingerprint density at radius 1 is 1.50 bits per heavy atom. The molecule has 5 nitrogen and oxygen atoms in total. The predicted octanol–water partition coefficient (Wildman–Crippen LogP) is 0.896. The maximum Gasteiger partial charge on any atom is 0.332 e. The van der Waals surface area contributed by atoms with Crippen molar-refractivity contribution in [3.05, 3.63) is 42.1 Å². The third-order valence-corrected chi connectivity index (χ3v) is 1.56. The molecule has 2 N–H and O–H groups in total. The average molecular weight is 219 g/mol. The van der Waals surface area contributed by atoms with E-state index in [0.29, 0.717) is 5.70 Å². The molecule has 1 aromatic rings. The molecular weight excluding hydrogens is 206 g/mol. The largest absolute Gasteiger partial charge is 0.458 e. The number of hydrogen-bond donors (Lipinski definition) is 1. The molecule has 0 aromatic carbocycles. The van der Waals surface area contributed by atoms with Crippen molar-refractivity contribution in [1.29, 1.82) is 0 Å². The van der Waals surface area contributed by atoms with E-state index < -0.39 is 5.97 Å². The van der Waals surface area contributed by atoms with Crippen molar-refractivity contribution in [2.75, 3.05) is 6.61 Å². The Kier molecular flexibility index (Phi) is 4.72. The van der Waals surface area contributed by atoms with E-state index in [2.05, 4.69) is 9.97 Å². The van der Waals surface area contributed by atoms with Gasteiger partial charge in [0, 0.05) is 29.7 Å². The normalized spacial score (nSPS) is 11.7. The van der Waals surface area contributed by atoms with E-state index in [1.54, 1.807) is 31.5 Å². The van der Waals surface area contributed by atoms with Crippen molar-refractivity contribution >= 4 is 12.0 Å². The third-order valence-electron chi connectivity index (χ3n) is 1.56. The fraction of sp³-hybridized carbons (Fsp3) is 0.182. The number of carbonyl (C=O) groups is 1. The van der Waals surface area contributed by atoms with Crippen LogP contribution in [-0.2, 0) is 9.53 Å². The number of allylic oxidation sites excluding steroid dienone is 1. The first kappa shape index (κ1) is 11.9. The minimum atomic E-state index is -0.450.